The van der Waals surface area contributed by atoms with E-state index in [4.69, 9.17) is 14.2 Å². The molecule has 0 saturated carbocycles. The molecular weight excluding hydrogens is 340 g/mol. The van der Waals surface area contributed by atoms with Crippen molar-refractivity contribution in [3.63, 3.8) is 0 Å². The van der Waals surface area contributed by atoms with Crippen molar-refractivity contribution in [3.05, 3.63) is 66.5 Å². The minimum Gasteiger partial charge on any atom is -0.493 e. The van der Waals surface area contributed by atoms with E-state index in [1.54, 1.807) is 7.11 Å². The van der Waals surface area contributed by atoms with Gasteiger partial charge in [-0.05, 0) is 36.6 Å². The maximum Gasteiger partial charge on any atom is 0.161 e. The van der Waals surface area contributed by atoms with Gasteiger partial charge in [0.25, 0.3) is 0 Å². The summed E-state index contributed by atoms with van der Waals surface area (Å²) in [5, 5.41) is 0. The molecule has 2 aromatic carbocycles. The van der Waals surface area contributed by atoms with Gasteiger partial charge < -0.3 is 18.8 Å². The summed E-state index contributed by atoms with van der Waals surface area (Å²) >= 11 is 0. The van der Waals surface area contributed by atoms with Crippen LogP contribution < -0.4 is 9.47 Å². The number of hydrogen-bond acceptors (Lipinski definition) is 4. The maximum absolute atomic E-state index is 5.96. The predicted molar refractivity (Wildman–Crippen MR) is 104 cm³/mol. The summed E-state index contributed by atoms with van der Waals surface area (Å²) in [6.07, 6.45) is 5.94. The van der Waals surface area contributed by atoms with Crippen LogP contribution in [0.3, 0.4) is 0 Å². The molecule has 0 atom stereocenters. The fraction of sp³-hybridized carbons (Fsp3) is 0.318. The van der Waals surface area contributed by atoms with Gasteiger partial charge in [-0.1, -0.05) is 30.3 Å². The number of imidazole rings is 1. The highest BCUT2D eigenvalue weighted by atomic mass is 16.5. The van der Waals surface area contributed by atoms with Gasteiger partial charge in [0, 0.05) is 37.2 Å². The second kappa shape index (κ2) is 8.27. The second-order valence-electron chi connectivity index (χ2n) is 6.64. The molecule has 0 radical (unpaired) electrons. The zero-order chi connectivity index (χ0) is 18.5. The molecule has 1 aliphatic heterocycles. The van der Waals surface area contributed by atoms with Crippen LogP contribution in [0.15, 0.2) is 60.9 Å². The Bertz CT molecular complexity index is 870. The van der Waals surface area contributed by atoms with Crippen LogP contribution >= 0.6 is 0 Å². The molecule has 3 aromatic rings. The molecule has 0 bridgehead atoms. The van der Waals surface area contributed by atoms with E-state index in [1.165, 1.54) is 0 Å². The highest BCUT2D eigenvalue weighted by molar-refractivity contribution is 5.61. The van der Waals surface area contributed by atoms with Gasteiger partial charge in [0.2, 0.25) is 0 Å². The van der Waals surface area contributed by atoms with Crippen LogP contribution in [0.25, 0.3) is 11.4 Å². The van der Waals surface area contributed by atoms with Gasteiger partial charge in [-0.25, -0.2) is 4.98 Å². The summed E-state index contributed by atoms with van der Waals surface area (Å²) in [6, 6.07) is 16.5. The van der Waals surface area contributed by atoms with Crippen LogP contribution in [-0.4, -0.2) is 29.9 Å². The maximum atomic E-state index is 5.96. The molecule has 140 valence electrons. The van der Waals surface area contributed by atoms with Gasteiger partial charge in [0.05, 0.1) is 7.11 Å². The summed E-state index contributed by atoms with van der Waals surface area (Å²) in [7, 11) is 1.67. The average molecular weight is 364 g/mol. The number of rotatable bonds is 6. The number of benzene rings is 2. The Balaban J connectivity index is 1.56. The minimum atomic E-state index is 0.427. The van der Waals surface area contributed by atoms with Crippen LogP contribution in [0.4, 0.5) is 0 Å². The molecule has 1 aliphatic rings. The Kier molecular flexibility index (Phi) is 5.39. The average Bonchev–Trinajstić information content (AvgIpc) is 3.23. The van der Waals surface area contributed by atoms with Gasteiger partial charge in [0.15, 0.2) is 11.5 Å². The van der Waals surface area contributed by atoms with Crippen molar-refractivity contribution < 1.29 is 14.2 Å². The van der Waals surface area contributed by atoms with Crippen molar-refractivity contribution in [1.82, 2.24) is 9.55 Å². The zero-order valence-corrected chi connectivity index (χ0v) is 15.5. The molecule has 0 aliphatic carbocycles. The van der Waals surface area contributed by atoms with E-state index in [9.17, 15) is 0 Å². The molecule has 5 heteroatoms. The Morgan fingerprint density at radius 1 is 1.07 bits per heavy atom. The fourth-order valence-electron chi connectivity index (χ4n) is 3.46. The topological polar surface area (TPSA) is 45.5 Å². The first kappa shape index (κ1) is 17.6. The predicted octanol–water partition coefficient (Wildman–Crippen LogP) is 4.49. The van der Waals surface area contributed by atoms with Gasteiger partial charge in [0.1, 0.15) is 12.4 Å². The number of aromatic nitrogens is 2. The van der Waals surface area contributed by atoms with Crippen molar-refractivity contribution in [2.24, 2.45) is 0 Å². The fourth-order valence-corrected chi connectivity index (χ4v) is 3.46. The van der Waals surface area contributed by atoms with Gasteiger partial charge in [-0.15, -0.1) is 0 Å². The molecule has 4 rings (SSSR count). The Labute approximate surface area is 159 Å². The summed E-state index contributed by atoms with van der Waals surface area (Å²) < 4.78 is 19.3. The van der Waals surface area contributed by atoms with Gasteiger partial charge in [-0.2, -0.15) is 0 Å². The number of hydrogen-bond donors (Lipinski definition) is 0. The Hall–Kier alpha value is -2.79. The minimum absolute atomic E-state index is 0.427. The molecule has 0 spiro atoms. The second-order valence-corrected chi connectivity index (χ2v) is 6.64. The molecule has 1 aromatic heterocycles. The van der Waals surface area contributed by atoms with Crippen molar-refractivity contribution in [2.45, 2.75) is 25.5 Å². The van der Waals surface area contributed by atoms with E-state index in [1.807, 2.05) is 54.7 Å². The zero-order valence-electron chi connectivity index (χ0n) is 15.5. The molecule has 0 unspecified atom stereocenters. The van der Waals surface area contributed by atoms with E-state index in [-0.39, 0.29) is 0 Å². The quantitative estimate of drug-likeness (QED) is 0.646. The normalized spacial score (nSPS) is 14.9. The summed E-state index contributed by atoms with van der Waals surface area (Å²) in [4.78, 5) is 4.59. The van der Waals surface area contributed by atoms with Crippen molar-refractivity contribution in [1.29, 1.82) is 0 Å². The molecule has 0 amide bonds. The van der Waals surface area contributed by atoms with Crippen molar-refractivity contribution >= 4 is 0 Å². The van der Waals surface area contributed by atoms with E-state index < -0.39 is 0 Å². The van der Waals surface area contributed by atoms with Gasteiger partial charge in [-0.3, -0.25) is 0 Å². The molecule has 2 heterocycles. The third-order valence-corrected chi connectivity index (χ3v) is 4.91. The monoisotopic (exact) mass is 364 g/mol. The molecule has 5 nitrogen and oxygen atoms in total. The Morgan fingerprint density at radius 3 is 2.67 bits per heavy atom. The SMILES string of the molecule is COc1cc(-c2nccn2C2CCOCC2)ccc1OCc1ccccc1. The van der Waals surface area contributed by atoms with E-state index in [0.717, 1.165) is 48.8 Å². The van der Waals surface area contributed by atoms with Crippen LogP contribution in [0.1, 0.15) is 24.4 Å². The lowest BCUT2D eigenvalue weighted by atomic mass is 10.1. The van der Waals surface area contributed by atoms with Crippen LogP contribution in [0, 0.1) is 0 Å². The first-order chi connectivity index (χ1) is 13.3. The highest BCUT2D eigenvalue weighted by Crippen LogP contribution is 2.34. The van der Waals surface area contributed by atoms with E-state index in [2.05, 4.69) is 15.7 Å². The summed E-state index contributed by atoms with van der Waals surface area (Å²) in [5.41, 5.74) is 2.15. The largest absolute Gasteiger partial charge is 0.493 e. The van der Waals surface area contributed by atoms with Crippen LogP contribution in [0.5, 0.6) is 11.5 Å². The molecule has 0 N–H and O–H groups in total. The lowest BCUT2D eigenvalue weighted by molar-refractivity contribution is 0.0700. The lowest BCUT2D eigenvalue weighted by Gasteiger charge is -2.25. The smallest absolute Gasteiger partial charge is 0.161 e. The van der Waals surface area contributed by atoms with Crippen LogP contribution in [0.2, 0.25) is 0 Å². The summed E-state index contributed by atoms with van der Waals surface area (Å²) in [6.45, 7) is 2.11. The molecular formula is C22H24N2O3. The van der Waals surface area contributed by atoms with Crippen LogP contribution in [-0.2, 0) is 11.3 Å². The van der Waals surface area contributed by atoms with Crippen molar-refractivity contribution in [2.75, 3.05) is 20.3 Å². The standard InChI is InChI=1S/C22H24N2O3/c1-25-21-15-18(7-8-20(21)27-16-17-5-3-2-4-6-17)22-23-11-12-24(22)19-9-13-26-14-10-19/h2-8,11-12,15,19H,9-10,13-14,16H2,1H3. The molecule has 1 fully saturated rings. The molecule has 27 heavy (non-hydrogen) atoms. The lowest BCUT2D eigenvalue weighted by Crippen LogP contribution is -2.19. The van der Waals surface area contributed by atoms with Gasteiger partial charge >= 0.3 is 0 Å². The first-order valence-corrected chi connectivity index (χ1v) is 9.31. The third-order valence-electron chi connectivity index (χ3n) is 4.91. The number of methoxy groups -OCH3 is 1. The third kappa shape index (κ3) is 3.98. The van der Waals surface area contributed by atoms with E-state index >= 15 is 0 Å². The Morgan fingerprint density at radius 2 is 1.89 bits per heavy atom. The number of nitrogens with zero attached hydrogens (tertiary/aromatic N) is 2. The van der Waals surface area contributed by atoms with E-state index in [0.29, 0.717) is 18.4 Å². The summed E-state index contributed by atoms with van der Waals surface area (Å²) in [5.74, 6) is 2.40. The first-order valence-electron chi connectivity index (χ1n) is 9.31. The highest BCUT2D eigenvalue weighted by Gasteiger charge is 2.19. The molecule has 1 saturated heterocycles. The van der Waals surface area contributed by atoms with Crippen molar-refractivity contribution in [3.8, 4) is 22.9 Å². The number of ether oxygens (including phenoxy) is 3.